The van der Waals surface area contributed by atoms with Crippen LogP contribution >= 0.6 is 11.6 Å². The van der Waals surface area contributed by atoms with Gasteiger partial charge in [0, 0.05) is 43.7 Å². The Morgan fingerprint density at radius 2 is 2.05 bits per heavy atom. The van der Waals surface area contributed by atoms with Gasteiger partial charge in [-0.15, -0.1) is 0 Å². The van der Waals surface area contributed by atoms with Crippen molar-refractivity contribution in [2.75, 3.05) is 32.8 Å². The fourth-order valence-electron chi connectivity index (χ4n) is 2.94. The van der Waals surface area contributed by atoms with Crippen LogP contribution in [0.1, 0.15) is 25.3 Å². The first-order chi connectivity index (χ1) is 10.6. The van der Waals surface area contributed by atoms with Gasteiger partial charge in [0.1, 0.15) is 0 Å². The van der Waals surface area contributed by atoms with E-state index in [0.717, 1.165) is 44.6 Å². The number of aliphatic hydroxyl groups excluding tert-OH is 1. The number of carbonyl (C=O) groups is 1. The summed E-state index contributed by atoms with van der Waals surface area (Å²) in [5.41, 5.74) is 1.10. The normalized spacial score (nSPS) is 17.5. The van der Waals surface area contributed by atoms with E-state index in [2.05, 4.69) is 11.8 Å². The molecule has 2 rings (SSSR count). The van der Waals surface area contributed by atoms with E-state index in [4.69, 9.17) is 11.6 Å². The van der Waals surface area contributed by atoms with Crippen molar-refractivity contribution in [3.05, 3.63) is 34.9 Å². The molecule has 1 aromatic rings. The summed E-state index contributed by atoms with van der Waals surface area (Å²) in [6, 6.07) is 7.91. The molecule has 1 aromatic carbocycles. The highest BCUT2D eigenvalue weighted by atomic mass is 35.5. The molecule has 0 bridgehead atoms. The maximum atomic E-state index is 12.3. The van der Waals surface area contributed by atoms with Gasteiger partial charge in [0.2, 0.25) is 5.91 Å². The lowest BCUT2D eigenvalue weighted by atomic mass is 10.1. The number of piperazine rings is 1. The fourth-order valence-corrected chi connectivity index (χ4v) is 3.15. The van der Waals surface area contributed by atoms with Gasteiger partial charge in [0.05, 0.1) is 6.61 Å². The largest absolute Gasteiger partial charge is 0.395 e. The molecule has 5 heteroatoms. The molecule has 1 amide bonds. The van der Waals surface area contributed by atoms with Gasteiger partial charge in [-0.3, -0.25) is 9.69 Å². The lowest BCUT2D eigenvalue weighted by Gasteiger charge is -2.38. The predicted octanol–water partition coefficient (Wildman–Crippen LogP) is 2.19. The third kappa shape index (κ3) is 4.70. The van der Waals surface area contributed by atoms with Crippen molar-refractivity contribution in [3.63, 3.8) is 0 Å². The van der Waals surface area contributed by atoms with E-state index in [1.165, 1.54) is 0 Å². The minimum atomic E-state index is 0.194. The Kier molecular flexibility index (Phi) is 6.68. The Morgan fingerprint density at radius 3 is 2.64 bits per heavy atom. The van der Waals surface area contributed by atoms with Crippen LogP contribution in [-0.4, -0.2) is 59.6 Å². The number of hydrogen-bond acceptors (Lipinski definition) is 3. The molecular formula is C17H25ClN2O2. The minimum Gasteiger partial charge on any atom is -0.395 e. The zero-order valence-corrected chi connectivity index (χ0v) is 13.9. The molecule has 0 saturated carbocycles. The second-order valence-electron chi connectivity index (χ2n) is 5.79. The van der Waals surface area contributed by atoms with E-state index < -0.39 is 0 Å². The first-order valence-corrected chi connectivity index (χ1v) is 8.39. The highest BCUT2D eigenvalue weighted by Crippen LogP contribution is 2.14. The maximum absolute atomic E-state index is 12.3. The van der Waals surface area contributed by atoms with Crippen molar-refractivity contribution >= 4 is 17.5 Å². The van der Waals surface area contributed by atoms with Crippen LogP contribution in [0, 0.1) is 0 Å². The smallest absolute Gasteiger partial charge is 0.222 e. The number of aryl methyl sites for hydroxylation is 1. The molecule has 1 saturated heterocycles. The molecule has 0 aliphatic carbocycles. The van der Waals surface area contributed by atoms with Crippen LogP contribution in [0.3, 0.4) is 0 Å². The van der Waals surface area contributed by atoms with E-state index in [9.17, 15) is 9.90 Å². The van der Waals surface area contributed by atoms with Crippen molar-refractivity contribution in [3.8, 4) is 0 Å². The van der Waals surface area contributed by atoms with Gasteiger partial charge in [0.25, 0.3) is 0 Å². The summed E-state index contributed by atoms with van der Waals surface area (Å²) in [6.45, 7) is 5.49. The minimum absolute atomic E-state index is 0.194. The quantitative estimate of drug-likeness (QED) is 0.872. The molecule has 1 aliphatic rings. The van der Waals surface area contributed by atoms with E-state index in [0.29, 0.717) is 11.4 Å². The Labute approximate surface area is 137 Å². The van der Waals surface area contributed by atoms with Gasteiger partial charge < -0.3 is 10.0 Å². The van der Waals surface area contributed by atoms with Crippen LogP contribution in [0.4, 0.5) is 0 Å². The van der Waals surface area contributed by atoms with E-state index in [1.807, 2.05) is 29.2 Å². The zero-order chi connectivity index (χ0) is 15.9. The number of hydrogen-bond donors (Lipinski definition) is 1. The summed E-state index contributed by atoms with van der Waals surface area (Å²) in [7, 11) is 0. The highest BCUT2D eigenvalue weighted by molar-refractivity contribution is 6.30. The summed E-state index contributed by atoms with van der Waals surface area (Å²) in [5, 5.41) is 10.1. The molecule has 0 aromatic heterocycles. The molecule has 0 spiro atoms. The van der Waals surface area contributed by atoms with Crippen LogP contribution < -0.4 is 0 Å². The molecule has 1 fully saturated rings. The standard InChI is InChI=1S/C17H25ClN2O2/c1-2-16(13-21)19-8-10-20(11-9-19)17(22)7-6-14-4-3-5-15(18)12-14/h3-5,12,16,21H,2,6-11,13H2,1H3. The molecule has 22 heavy (non-hydrogen) atoms. The van der Waals surface area contributed by atoms with Crippen molar-refractivity contribution < 1.29 is 9.90 Å². The van der Waals surface area contributed by atoms with E-state index >= 15 is 0 Å². The molecule has 1 N–H and O–H groups in total. The summed E-state index contributed by atoms with van der Waals surface area (Å²) in [4.78, 5) is 16.5. The Hall–Kier alpha value is -1.10. The number of aliphatic hydroxyl groups is 1. The lowest BCUT2D eigenvalue weighted by Crippen LogP contribution is -2.52. The monoisotopic (exact) mass is 324 g/mol. The molecule has 122 valence electrons. The number of carbonyl (C=O) groups excluding carboxylic acids is 1. The zero-order valence-electron chi connectivity index (χ0n) is 13.2. The predicted molar refractivity (Wildman–Crippen MR) is 89.1 cm³/mol. The van der Waals surface area contributed by atoms with Gasteiger partial charge in [-0.25, -0.2) is 0 Å². The lowest BCUT2D eigenvalue weighted by molar-refractivity contribution is -0.133. The molecule has 1 atom stereocenters. The third-order valence-corrected chi connectivity index (χ3v) is 4.62. The second-order valence-corrected chi connectivity index (χ2v) is 6.23. The second kappa shape index (κ2) is 8.51. The Balaban J connectivity index is 1.78. The van der Waals surface area contributed by atoms with Crippen molar-refractivity contribution in [1.29, 1.82) is 0 Å². The summed E-state index contributed by atoms with van der Waals surface area (Å²) in [6.07, 6.45) is 2.20. The molecule has 0 radical (unpaired) electrons. The first-order valence-electron chi connectivity index (χ1n) is 8.01. The molecule has 1 heterocycles. The maximum Gasteiger partial charge on any atom is 0.222 e. The Morgan fingerprint density at radius 1 is 1.32 bits per heavy atom. The average Bonchev–Trinajstić information content (AvgIpc) is 2.54. The number of amides is 1. The first kappa shape index (κ1) is 17.3. The third-order valence-electron chi connectivity index (χ3n) is 4.38. The molecule has 1 unspecified atom stereocenters. The van der Waals surface area contributed by atoms with Gasteiger partial charge in [-0.2, -0.15) is 0 Å². The molecular weight excluding hydrogens is 300 g/mol. The Bertz CT molecular complexity index is 483. The molecule has 4 nitrogen and oxygen atoms in total. The number of halogens is 1. The number of nitrogens with zero attached hydrogens (tertiary/aromatic N) is 2. The van der Waals surface area contributed by atoms with Crippen LogP contribution in [0.2, 0.25) is 5.02 Å². The topological polar surface area (TPSA) is 43.8 Å². The van der Waals surface area contributed by atoms with Crippen LogP contribution in [0.15, 0.2) is 24.3 Å². The highest BCUT2D eigenvalue weighted by Gasteiger charge is 2.24. The van der Waals surface area contributed by atoms with Gasteiger partial charge >= 0.3 is 0 Å². The SMILES string of the molecule is CCC(CO)N1CCN(C(=O)CCc2cccc(Cl)c2)CC1. The van der Waals surface area contributed by atoms with Gasteiger partial charge in [-0.1, -0.05) is 30.7 Å². The molecule has 1 aliphatic heterocycles. The van der Waals surface area contributed by atoms with Crippen LogP contribution in [0.5, 0.6) is 0 Å². The fraction of sp³-hybridized carbons (Fsp3) is 0.588. The van der Waals surface area contributed by atoms with Gasteiger partial charge in [0.15, 0.2) is 0 Å². The summed E-state index contributed by atoms with van der Waals surface area (Å²) in [5.74, 6) is 0.205. The summed E-state index contributed by atoms with van der Waals surface area (Å²) < 4.78 is 0. The van der Waals surface area contributed by atoms with Crippen molar-refractivity contribution in [2.45, 2.75) is 32.2 Å². The number of benzene rings is 1. The van der Waals surface area contributed by atoms with E-state index in [-0.39, 0.29) is 18.6 Å². The summed E-state index contributed by atoms with van der Waals surface area (Å²) >= 11 is 5.96. The average molecular weight is 325 g/mol. The number of rotatable bonds is 6. The van der Waals surface area contributed by atoms with Crippen molar-refractivity contribution in [2.24, 2.45) is 0 Å². The van der Waals surface area contributed by atoms with Gasteiger partial charge in [-0.05, 0) is 30.5 Å². The van der Waals surface area contributed by atoms with Crippen LogP contribution in [0.25, 0.3) is 0 Å². The van der Waals surface area contributed by atoms with Crippen molar-refractivity contribution in [1.82, 2.24) is 9.80 Å². The van der Waals surface area contributed by atoms with E-state index in [1.54, 1.807) is 0 Å². The van der Waals surface area contributed by atoms with Crippen LogP contribution in [-0.2, 0) is 11.2 Å².